The summed E-state index contributed by atoms with van der Waals surface area (Å²) in [4.78, 5) is 11.6. The Labute approximate surface area is 88.1 Å². The molecule has 1 aromatic heterocycles. The van der Waals surface area contributed by atoms with Crippen LogP contribution in [0.3, 0.4) is 0 Å². The molecule has 0 unspecified atom stereocenters. The molecule has 0 saturated heterocycles. The molecule has 0 amide bonds. The molecule has 0 aliphatic rings. The van der Waals surface area contributed by atoms with Crippen LogP contribution < -0.4 is 11.2 Å². The number of hydrogen-bond acceptors (Lipinski definition) is 2. The van der Waals surface area contributed by atoms with Gasteiger partial charge in [0.05, 0.1) is 5.52 Å². The summed E-state index contributed by atoms with van der Waals surface area (Å²) in [6.45, 7) is 3.30. The number of rotatable bonds is 2. The quantitative estimate of drug-likeness (QED) is 0.797. The van der Waals surface area contributed by atoms with Crippen LogP contribution in [-0.2, 0) is 6.54 Å². The third-order valence-electron chi connectivity index (χ3n) is 2.50. The molecule has 1 aromatic carbocycles. The molecule has 15 heavy (non-hydrogen) atoms. The minimum atomic E-state index is 0.0713. The molecule has 0 atom stereocenters. The van der Waals surface area contributed by atoms with Crippen molar-refractivity contribution < 1.29 is 0 Å². The number of nitrogens with two attached hydrogens (primary N) is 1. The van der Waals surface area contributed by atoms with Gasteiger partial charge in [-0.25, -0.2) is 0 Å². The van der Waals surface area contributed by atoms with Gasteiger partial charge in [0.2, 0.25) is 0 Å². The van der Waals surface area contributed by atoms with Gasteiger partial charge in [-0.15, -0.1) is 0 Å². The van der Waals surface area contributed by atoms with Crippen LogP contribution >= 0.6 is 0 Å². The van der Waals surface area contributed by atoms with Gasteiger partial charge in [0.15, 0.2) is 5.43 Å². The standard InChI is InChI=1S/C12H14N2O/c1-9-2-3-11-10(8-9)12(15)4-6-14(11)7-5-13/h2-4,6,8H,5,7,13H2,1H3. The van der Waals surface area contributed by atoms with Crippen LogP contribution in [0.15, 0.2) is 35.3 Å². The zero-order valence-electron chi connectivity index (χ0n) is 8.73. The molecule has 0 saturated carbocycles. The van der Waals surface area contributed by atoms with Crippen molar-refractivity contribution in [3.63, 3.8) is 0 Å². The molecule has 3 nitrogen and oxygen atoms in total. The van der Waals surface area contributed by atoms with Gasteiger partial charge in [0.1, 0.15) is 0 Å². The monoisotopic (exact) mass is 202 g/mol. The molecule has 0 spiro atoms. The summed E-state index contributed by atoms with van der Waals surface area (Å²) in [5, 5.41) is 0.769. The van der Waals surface area contributed by atoms with Crippen LogP contribution in [0.5, 0.6) is 0 Å². The summed E-state index contributed by atoms with van der Waals surface area (Å²) in [5.41, 5.74) is 7.65. The summed E-state index contributed by atoms with van der Waals surface area (Å²) in [6.07, 6.45) is 1.80. The fraction of sp³-hybridized carbons (Fsp3) is 0.250. The Morgan fingerprint density at radius 1 is 1.33 bits per heavy atom. The number of pyridine rings is 1. The van der Waals surface area contributed by atoms with Crippen LogP contribution in [0.2, 0.25) is 0 Å². The second-order valence-electron chi connectivity index (χ2n) is 3.68. The van der Waals surface area contributed by atoms with Crippen LogP contribution in [-0.4, -0.2) is 11.1 Å². The second-order valence-corrected chi connectivity index (χ2v) is 3.68. The first kappa shape index (κ1) is 9.93. The van der Waals surface area contributed by atoms with Crippen molar-refractivity contribution in [1.82, 2.24) is 4.57 Å². The van der Waals surface area contributed by atoms with Crippen molar-refractivity contribution >= 4 is 10.9 Å². The molecular formula is C12H14N2O. The maximum Gasteiger partial charge on any atom is 0.189 e. The van der Waals surface area contributed by atoms with E-state index in [0.717, 1.165) is 23.0 Å². The topological polar surface area (TPSA) is 48.0 Å². The largest absolute Gasteiger partial charge is 0.346 e. The van der Waals surface area contributed by atoms with Crippen molar-refractivity contribution in [3.8, 4) is 0 Å². The summed E-state index contributed by atoms with van der Waals surface area (Å²) in [5.74, 6) is 0. The van der Waals surface area contributed by atoms with E-state index in [4.69, 9.17) is 5.73 Å². The second kappa shape index (κ2) is 3.87. The minimum Gasteiger partial charge on any atom is -0.346 e. The van der Waals surface area contributed by atoms with E-state index in [2.05, 4.69) is 0 Å². The summed E-state index contributed by atoms with van der Waals surface area (Å²) >= 11 is 0. The first-order chi connectivity index (χ1) is 7.22. The third-order valence-corrected chi connectivity index (χ3v) is 2.50. The van der Waals surface area contributed by atoms with E-state index in [0.29, 0.717) is 6.54 Å². The third kappa shape index (κ3) is 1.78. The number of hydrogen-bond donors (Lipinski definition) is 1. The number of aromatic nitrogens is 1. The molecule has 3 heteroatoms. The predicted octanol–water partition coefficient (Wildman–Crippen LogP) is 1.27. The Morgan fingerprint density at radius 3 is 2.87 bits per heavy atom. The smallest absolute Gasteiger partial charge is 0.189 e. The zero-order valence-corrected chi connectivity index (χ0v) is 8.73. The van der Waals surface area contributed by atoms with E-state index in [1.54, 1.807) is 12.3 Å². The minimum absolute atomic E-state index is 0.0713. The SMILES string of the molecule is Cc1ccc2c(c1)c(=O)ccn2CCN. The highest BCUT2D eigenvalue weighted by Gasteiger charge is 2.01. The van der Waals surface area contributed by atoms with Crippen LogP contribution in [0.25, 0.3) is 10.9 Å². The lowest BCUT2D eigenvalue weighted by Crippen LogP contribution is -2.13. The average molecular weight is 202 g/mol. The summed E-state index contributed by atoms with van der Waals surface area (Å²) in [7, 11) is 0. The van der Waals surface area contributed by atoms with Gasteiger partial charge < -0.3 is 10.3 Å². The van der Waals surface area contributed by atoms with Gasteiger partial charge in [-0.3, -0.25) is 4.79 Å². The Hall–Kier alpha value is -1.61. The Kier molecular flexibility index (Phi) is 2.56. The summed E-state index contributed by atoms with van der Waals surface area (Å²) < 4.78 is 2.01. The molecule has 0 aliphatic carbocycles. The van der Waals surface area contributed by atoms with Crippen molar-refractivity contribution in [2.24, 2.45) is 5.73 Å². The van der Waals surface area contributed by atoms with E-state index in [-0.39, 0.29) is 5.43 Å². The van der Waals surface area contributed by atoms with Crippen LogP contribution in [0.1, 0.15) is 5.56 Å². The number of benzene rings is 1. The molecule has 2 N–H and O–H groups in total. The molecule has 2 rings (SSSR count). The molecule has 1 heterocycles. The Bertz CT molecular complexity index is 543. The first-order valence-electron chi connectivity index (χ1n) is 5.02. The predicted molar refractivity (Wildman–Crippen MR) is 62.0 cm³/mol. The average Bonchev–Trinajstić information content (AvgIpc) is 2.23. The van der Waals surface area contributed by atoms with Gasteiger partial charge in [0, 0.05) is 30.7 Å². The molecule has 0 fully saturated rings. The van der Waals surface area contributed by atoms with E-state index >= 15 is 0 Å². The fourth-order valence-corrected chi connectivity index (χ4v) is 1.76. The molecule has 0 aliphatic heterocycles. The van der Waals surface area contributed by atoms with Crippen molar-refractivity contribution in [2.45, 2.75) is 13.5 Å². The van der Waals surface area contributed by atoms with Crippen molar-refractivity contribution in [1.29, 1.82) is 0 Å². The normalized spacial score (nSPS) is 10.8. The zero-order chi connectivity index (χ0) is 10.8. The lowest BCUT2D eigenvalue weighted by atomic mass is 10.1. The highest BCUT2D eigenvalue weighted by molar-refractivity contribution is 5.79. The van der Waals surface area contributed by atoms with E-state index < -0.39 is 0 Å². The van der Waals surface area contributed by atoms with Gasteiger partial charge >= 0.3 is 0 Å². The lowest BCUT2D eigenvalue weighted by Gasteiger charge is -2.09. The molecular weight excluding hydrogens is 188 g/mol. The number of nitrogens with zero attached hydrogens (tertiary/aromatic N) is 1. The number of aryl methyl sites for hydroxylation is 1. The molecule has 2 aromatic rings. The maximum atomic E-state index is 11.6. The first-order valence-corrected chi connectivity index (χ1v) is 5.02. The van der Waals surface area contributed by atoms with E-state index in [9.17, 15) is 4.79 Å². The fourth-order valence-electron chi connectivity index (χ4n) is 1.76. The van der Waals surface area contributed by atoms with Gasteiger partial charge in [-0.05, 0) is 19.1 Å². The highest BCUT2D eigenvalue weighted by Crippen LogP contribution is 2.11. The lowest BCUT2D eigenvalue weighted by molar-refractivity contribution is 0.728. The molecule has 0 radical (unpaired) electrons. The van der Waals surface area contributed by atoms with Crippen molar-refractivity contribution in [2.75, 3.05) is 6.54 Å². The van der Waals surface area contributed by atoms with Crippen LogP contribution in [0.4, 0.5) is 0 Å². The Morgan fingerprint density at radius 2 is 2.13 bits per heavy atom. The van der Waals surface area contributed by atoms with Gasteiger partial charge in [-0.2, -0.15) is 0 Å². The highest BCUT2D eigenvalue weighted by atomic mass is 16.1. The van der Waals surface area contributed by atoms with Gasteiger partial charge in [0.25, 0.3) is 0 Å². The number of fused-ring (bicyclic) bond motifs is 1. The Balaban J connectivity index is 2.76. The van der Waals surface area contributed by atoms with Crippen molar-refractivity contribution in [3.05, 3.63) is 46.2 Å². The van der Waals surface area contributed by atoms with Crippen LogP contribution in [0, 0.1) is 6.92 Å². The summed E-state index contributed by atoms with van der Waals surface area (Å²) in [6, 6.07) is 7.50. The molecule has 78 valence electrons. The van der Waals surface area contributed by atoms with Gasteiger partial charge in [-0.1, -0.05) is 11.6 Å². The van der Waals surface area contributed by atoms with E-state index in [1.165, 1.54) is 0 Å². The molecule has 0 bridgehead atoms. The maximum absolute atomic E-state index is 11.6. The van der Waals surface area contributed by atoms with E-state index in [1.807, 2.05) is 29.7 Å².